The molecule has 124 valence electrons. The standard InChI is InChI=1S/C18H24FN3O/c1-12-15(16-6-4-13(19)11-17(16)22-12)8-10-21-18(23)7-5-14-3-2-9-20-14/h4,6,11,14,20,22H,2-3,5,7-10H2,1H3,(H,21,23). The third kappa shape index (κ3) is 3.91. The highest BCUT2D eigenvalue weighted by Crippen LogP contribution is 2.23. The molecule has 23 heavy (non-hydrogen) atoms. The largest absolute Gasteiger partial charge is 0.358 e. The molecule has 1 aliphatic rings. The first-order chi connectivity index (χ1) is 11.1. The summed E-state index contributed by atoms with van der Waals surface area (Å²) in [6.07, 6.45) is 4.64. The topological polar surface area (TPSA) is 56.9 Å². The quantitative estimate of drug-likeness (QED) is 0.767. The first-order valence-electron chi connectivity index (χ1n) is 8.40. The number of H-pyrrole nitrogens is 1. The SMILES string of the molecule is Cc1[nH]c2cc(F)ccc2c1CCNC(=O)CCC1CCCN1. The molecule has 1 unspecified atom stereocenters. The zero-order valence-electron chi connectivity index (χ0n) is 13.5. The van der Waals surface area contributed by atoms with Gasteiger partial charge in [0.25, 0.3) is 0 Å². The number of hydrogen-bond donors (Lipinski definition) is 3. The maximum Gasteiger partial charge on any atom is 0.220 e. The summed E-state index contributed by atoms with van der Waals surface area (Å²) in [4.78, 5) is 15.1. The maximum absolute atomic E-state index is 13.3. The Morgan fingerprint density at radius 3 is 3.09 bits per heavy atom. The Labute approximate surface area is 135 Å². The van der Waals surface area contributed by atoms with Crippen LogP contribution in [0.25, 0.3) is 10.9 Å². The van der Waals surface area contributed by atoms with Gasteiger partial charge < -0.3 is 15.6 Å². The lowest BCUT2D eigenvalue weighted by Gasteiger charge is -2.10. The van der Waals surface area contributed by atoms with E-state index in [1.807, 2.05) is 6.92 Å². The minimum atomic E-state index is -0.237. The summed E-state index contributed by atoms with van der Waals surface area (Å²) in [5.74, 6) is -0.124. The van der Waals surface area contributed by atoms with Crippen LogP contribution in [0.5, 0.6) is 0 Å². The van der Waals surface area contributed by atoms with Gasteiger partial charge in [-0.15, -0.1) is 0 Å². The van der Waals surface area contributed by atoms with Crippen molar-refractivity contribution in [1.82, 2.24) is 15.6 Å². The van der Waals surface area contributed by atoms with Crippen molar-refractivity contribution in [2.24, 2.45) is 0 Å². The molecule has 2 heterocycles. The van der Waals surface area contributed by atoms with Crippen LogP contribution in [-0.4, -0.2) is 30.0 Å². The lowest BCUT2D eigenvalue weighted by atomic mass is 10.1. The number of rotatable bonds is 6. The second kappa shape index (κ2) is 7.13. The van der Waals surface area contributed by atoms with E-state index in [4.69, 9.17) is 0 Å². The van der Waals surface area contributed by atoms with Crippen LogP contribution < -0.4 is 10.6 Å². The third-order valence-corrected chi connectivity index (χ3v) is 4.66. The Morgan fingerprint density at radius 1 is 1.43 bits per heavy atom. The Bertz CT molecular complexity index is 689. The van der Waals surface area contributed by atoms with Gasteiger partial charge in [-0.1, -0.05) is 0 Å². The van der Waals surface area contributed by atoms with E-state index in [9.17, 15) is 9.18 Å². The van der Waals surface area contributed by atoms with Gasteiger partial charge in [0.15, 0.2) is 0 Å². The van der Waals surface area contributed by atoms with Crippen molar-refractivity contribution in [3.63, 3.8) is 0 Å². The fourth-order valence-corrected chi connectivity index (χ4v) is 3.41. The van der Waals surface area contributed by atoms with Crippen LogP contribution in [0, 0.1) is 12.7 Å². The number of fused-ring (bicyclic) bond motifs is 1. The highest BCUT2D eigenvalue weighted by atomic mass is 19.1. The molecule has 3 rings (SSSR count). The van der Waals surface area contributed by atoms with Crippen molar-refractivity contribution >= 4 is 16.8 Å². The number of hydrogen-bond acceptors (Lipinski definition) is 2. The predicted molar refractivity (Wildman–Crippen MR) is 90.0 cm³/mol. The molecule has 4 nitrogen and oxygen atoms in total. The van der Waals surface area contributed by atoms with Crippen LogP contribution in [0.1, 0.15) is 36.9 Å². The molecule has 0 spiro atoms. The van der Waals surface area contributed by atoms with Crippen molar-refractivity contribution in [3.05, 3.63) is 35.3 Å². The highest BCUT2D eigenvalue weighted by Gasteiger charge is 2.15. The molecule has 5 heteroatoms. The van der Waals surface area contributed by atoms with Crippen molar-refractivity contribution in [1.29, 1.82) is 0 Å². The van der Waals surface area contributed by atoms with Gasteiger partial charge in [-0.05, 0) is 62.9 Å². The fraction of sp³-hybridized carbons (Fsp3) is 0.500. The second-order valence-corrected chi connectivity index (χ2v) is 6.35. The number of nitrogens with one attached hydrogen (secondary N) is 3. The first-order valence-corrected chi connectivity index (χ1v) is 8.40. The van der Waals surface area contributed by atoms with E-state index < -0.39 is 0 Å². The van der Waals surface area contributed by atoms with Crippen LogP contribution in [-0.2, 0) is 11.2 Å². The molecular weight excluding hydrogens is 293 g/mol. The van der Waals surface area contributed by atoms with E-state index in [1.165, 1.54) is 25.0 Å². The number of carbonyl (C=O) groups excluding carboxylic acids is 1. The number of aryl methyl sites for hydroxylation is 1. The number of benzene rings is 1. The molecule has 2 aromatic rings. The maximum atomic E-state index is 13.3. The van der Waals surface area contributed by atoms with Crippen LogP contribution in [0.15, 0.2) is 18.2 Å². The Hall–Kier alpha value is -1.88. The van der Waals surface area contributed by atoms with Crippen LogP contribution in [0.2, 0.25) is 0 Å². The van der Waals surface area contributed by atoms with Gasteiger partial charge in [0.2, 0.25) is 5.91 Å². The summed E-state index contributed by atoms with van der Waals surface area (Å²) in [6.45, 7) is 3.68. The minimum Gasteiger partial charge on any atom is -0.358 e. The molecule has 3 N–H and O–H groups in total. The van der Waals surface area contributed by atoms with Crippen molar-refractivity contribution in [2.75, 3.05) is 13.1 Å². The summed E-state index contributed by atoms with van der Waals surface area (Å²) in [5.41, 5.74) is 3.00. The van der Waals surface area contributed by atoms with Gasteiger partial charge in [0.05, 0.1) is 0 Å². The molecule has 1 saturated heterocycles. The molecular formula is C18H24FN3O. The van der Waals surface area contributed by atoms with Crippen LogP contribution >= 0.6 is 0 Å². The van der Waals surface area contributed by atoms with E-state index in [0.29, 0.717) is 19.0 Å². The Balaban J connectivity index is 1.50. The number of amides is 1. The first kappa shape index (κ1) is 16.0. The zero-order valence-corrected chi connectivity index (χ0v) is 13.5. The molecule has 1 atom stereocenters. The monoisotopic (exact) mass is 317 g/mol. The second-order valence-electron chi connectivity index (χ2n) is 6.35. The van der Waals surface area contributed by atoms with Crippen LogP contribution in [0.3, 0.4) is 0 Å². The molecule has 1 fully saturated rings. The van der Waals surface area contributed by atoms with Gasteiger partial charge in [0, 0.05) is 35.6 Å². The predicted octanol–water partition coefficient (Wildman–Crippen LogP) is 2.81. The van der Waals surface area contributed by atoms with Crippen molar-refractivity contribution < 1.29 is 9.18 Å². The molecule has 1 aromatic heterocycles. The van der Waals surface area contributed by atoms with E-state index in [0.717, 1.165) is 41.5 Å². The number of carbonyl (C=O) groups is 1. The summed E-state index contributed by atoms with van der Waals surface area (Å²) in [6, 6.07) is 5.30. The van der Waals surface area contributed by atoms with E-state index >= 15 is 0 Å². The van der Waals surface area contributed by atoms with E-state index in [1.54, 1.807) is 6.07 Å². The average molecular weight is 317 g/mol. The highest BCUT2D eigenvalue weighted by molar-refractivity contribution is 5.84. The molecule has 0 aliphatic carbocycles. The number of aromatic amines is 1. The Morgan fingerprint density at radius 2 is 2.30 bits per heavy atom. The lowest BCUT2D eigenvalue weighted by molar-refractivity contribution is -0.121. The van der Waals surface area contributed by atoms with Gasteiger partial charge in [-0.3, -0.25) is 4.79 Å². The third-order valence-electron chi connectivity index (χ3n) is 4.66. The van der Waals surface area contributed by atoms with Crippen molar-refractivity contribution in [2.45, 2.75) is 45.1 Å². The number of aromatic nitrogens is 1. The van der Waals surface area contributed by atoms with E-state index in [2.05, 4.69) is 15.6 Å². The zero-order chi connectivity index (χ0) is 16.2. The molecule has 1 aromatic carbocycles. The minimum absolute atomic E-state index is 0.113. The summed E-state index contributed by atoms with van der Waals surface area (Å²) < 4.78 is 13.3. The molecule has 1 amide bonds. The number of halogens is 1. The van der Waals surface area contributed by atoms with Gasteiger partial charge in [-0.2, -0.15) is 0 Å². The van der Waals surface area contributed by atoms with E-state index in [-0.39, 0.29) is 11.7 Å². The normalized spacial score (nSPS) is 17.7. The van der Waals surface area contributed by atoms with Crippen molar-refractivity contribution in [3.8, 4) is 0 Å². The molecule has 0 bridgehead atoms. The molecule has 1 aliphatic heterocycles. The van der Waals surface area contributed by atoms with Gasteiger partial charge in [-0.25, -0.2) is 4.39 Å². The molecule has 0 saturated carbocycles. The fourth-order valence-electron chi connectivity index (χ4n) is 3.41. The summed E-state index contributed by atoms with van der Waals surface area (Å²) in [5, 5.41) is 7.44. The van der Waals surface area contributed by atoms with Crippen LogP contribution in [0.4, 0.5) is 4.39 Å². The lowest BCUT2D eigenvalue weighted by Crippen LogP contribution is -2.28. The molecule has 0 radical (unpaired) electrons. The smallest absolute Gasteiger partial charge is 0.220 e. The average Bonchev–Trinajstić information content (AvgIpc) is 3.13. The van der Waals surface area contributed by atoms with Gasteiger partial charge in [0.1, 0.15) is 5.82 Å². The van der Waals surface area contributed by atoms with Gasteiger partial charge >= 0.3 is 0 Å². The summed E-state index contributed by atoms with van der Waals surface area (Å²) >= 11 is 0. The Kier molecular flexibility index (Phi) is 4.96. The summed E-state index contributed by atoms with van der Waals surface area (Å²) in [7, 11) is 0.